The van der Waals surface area contributed by atoms with Crippen LogP contribution in [0.1, 0.15) is 0 Å². The van der Waals surface area contributed by atoms with Gasteiger partial charge in [-0.25, -0.2) is 0 Å². The van der Waals surface area contributed by atoms with Gasteiger partial charge in [-0.15, -0.1) is 0 Å². The topological polar surface area (TPSA) is 18.5 Å². The lowest BCUT2D eigenvalue weighted by Crippen LogP contribution is -1.95. The van der Waals surface area contributed by atoms with Crippen LogP contribution in [-0.4, -0.2) is 14.2 Å². The fraction of sp³-hybridized carbons (Fsp3) is 0.0769. The zero-order chi connectivity index (χ0) is 19.1. The highest BCUT2D eigenvalue weighted by Gasteiger charge is 2.07. The third kappa shape index (κ3) is 2.35. The van der Waals surface area contributed by atoms with E-state index in [1.807, 2.05) is 12.1 Å². The van der Waals surface area contributed by atoms with Gasteiger partial charge in [0.05, 0.1) is 14.2 Å². The SMILES string of the molecule is COc1cccc2c1=c1c(OC)cccc1=c1ccccc1=c1ccccc1=2. The first-order valence-electron chi connectivity index (χ1n) is 9.37. The molecular formula is C26H20O2. The number of benzene rings is 4. The summed E-state index contributed by atoms with van der Waals surface area (Å²) < 4.78 is 11.6. The summed E-state index contributed by atoms with van der Waals surface area (Å²) >= 11 is 0. The molecule has 0 amide bonds. The summed E-state index contributed by atoms with van der Waals surface area (Å²) in [6.45, 7) is 0. The molecule has 0 aliphatic heterocycles. The molecule has 0 saturated carbocycles. The van der Waals surface area contributed by atoms with Crippen molar-refractivity contribution in [2.24, 2.45) is 0 Å². The summed E-state index contributed by atoms with van der Waals surface area (Å²) in [7, 11) is 3.45. The second-order valence-corrected chi connectivity index (χ2v) is 6.86. The van der Waals surface area contributed by atoms with Gasteiger partial charge in [0.15, 0.2) is 0 Å². The Bertz CT molecular complexity index is 1470. The van der Waals surface area contributed by atoms with Gasteiger partial charge >= 0.3 is 0 Å². The molecule has 4 aromatic rings. The van der Waals surface area contributed by atoms with Gasteiger partial charge in [-0.3, -0.25) is 0 Å². The molecule has 0 radical (unpaired) electrons. The number of hydrogen-bond acceptors (Lipinski definition) is 2. The predicted molar refractivity (Wildman–Crippen MR) is 110 cm³/mol. The molecule has 0 saturated heterocycles. The average molecular weight is 364 g/mol. The van der Waals surface area contributed by atoms with Crippen LogP contribution in [0.4, 0.5) is 0 Å². The monoisotopic (exact) mass is 364 g/mol. The molecule has 28 heavy (non-hydrogen) atoms. The van der Waals surface area contributed by atoms with E-state index in [1.54, 1.807) is 14.2 Å². The molecule has 0 heterocycles. The first-order chi connectivity index (χ1) is 13.8. The van der Waals surface area contributed by atoms with Crippen LogP contribution in [0.5, 0.6) is 11.5 Å². The molecule has 2 heteroatoms. The van der Waals surface area contributed by atoms with E-state index >= 15 is 0 Å². The van der Waals surface area contributed by atoms with Gasteiger partial charge in [0, 0.05) is 10.4 Å². The van der Waals surface area contributed by atoms with Crippen LogP contribution in [0.2, 0.25) is 0 Å². The predicted octanol–water partition coefficient (Wildman–Crippen LogP) is 5.17. The largest absolute Gasteiger partial charge is 0.496 e. The zero-order valence-electron chi connectivity index (χ0n) is 15.9. The minimum absolute atomic E-state index is 0.845. The molecule has 1 aliphatic rings. The van der Waals surface area contributed by atoms with E-state index in [1.165, 1.54) is 20.9 Å². The summed E-state index contributed by atoms with van der Waals surface area (Å²) in [5.74, 6) is 1.69. The summed E-state index contributed by atoms with van der Waals surface area (Å²) in [5, 5.41) is 9.27. The quantitative estimate of drug-likeness (QED) is 0.430. The molecule has 0 unspecified atom stereocenters. The van der Waals surface area contributed by atoms with Gasteiger partial charge in [0.25, 0.3) is 0 Å². The van der Waals surface area contributed by atoms with Gasteiger partial charge in [0.1, 0.15) is 11.5 Å². The summed E-state index contributed by atoms with van der Waals surface area (Å²) in [6, 6.07) is 29.6. The van der Waals surface area contributed by atoms with Gasteiger partial charge in [-0.05, 0) is 43.4 Å². The molecule has 0 fully saturated rings. The number of methoxy groups -OCH3 is 2. The van der Waals surface area contributed by atoms with Crippen LogP contribution in [0, 0.1) is 41.7 Å². The summed E-state index contributed by atoms with van der Waals surface area (Å²) in [6.07, 6.45) is 0. The minimum atomic E-state index is 0.845. The Balaban J connectivity index is 2.46. The molecule has 0 bridgehead atoms. The Morgan fingerprint density at radius 1 is 0.393 bits per heavy atom. The average Bonchev–Trinajstić information content (AvgIpc) is 2.77. The van der Waals surface area contributed by atoms with Gasteiger partial charge in [0.2, 0.25) is 0 Å². The zero-order valence-corrected chi connectivity index (χ0v) is 15.9. The summed E-state index contributed by atoms with van der Waals surface area (Å²) in [5.41, 5.74) is 0. The maximum absolute atomic E-state index is 5.81. The molecule has 0 N–H and O–H groups in total. The van der Waals surface area contributed by atoms with Crippen molar-refractivity contribution in [3.63, 3.8) is 0 Å². The fourth-order valence-electron chi connectivity index (χ4n) is 4.27. The third-order valence-electron chi connectivity index (χ3n) is 5.47. The summed E-state index contributed by atoms with van der Waals surface area (Å²) in [4.78, 5) is 0. The molecular weight excluding hydrogens is 344 g/mol. The van der Waals surface area contributed by atoms with Crippen molar-refractivity contribution >= 4 is 0 Å². The van der Waals surface area contributed by atoms with Crippen LogP contribution >= 0.6 is 0 Å². The van der Waals surface area contributed by atoms with Crippen LogP contribution in [0.25, 0.3) is 0 Å². The van der Waals surface area contributed by atoms with Gasteiger partial charge in [-0.1, -0.05) is 72.8 Å². The highest BCUT2D eigenvalue weighted by Crippen LogP contribution is 2.24. The van der Waals surface area contributed by atoms with E-state index < -0.39 is 0 Å². The number of hydrogen-bond donors (Lipinski definition) is 0. The van der Waals surface area contributed by atoms with Crippen LogP contribution < -0.4 is 9.47 Å². The van der Waals surface area contributed by atoms with E-state index in [0.717, 1.165) is 32.4 Å². The molecule has 0 atom stereocenters. The lowest BCUT2D eigenvalue weighted by atomic mass is 10.0. The number of fused-ring (bicyclic) bond motifs is 4. The van der Waals surface area contributed by atoms with E-state index in [0.29, 0.717) is 0 Å². The number of rotatable bonds is 2. The maximum atomic E-state index is 5.81. The van der Waals surface area contributed by atoms with Gasteiger partial charge in [-0.2, -0.15) is 0 Å². The molecule has 0 spiro atoms. The number of ether oxygens (including phenoxy) is 2. The van der Waals surface area contributed by atoms with Crippen LogP contribution in [0.15, 0.2) is 84.9 Å². The minimum Gasteiger partial charge on any atom is -0.496 e. The fourth-order valence-corrected chi connectivity index (χ4v) is 4.27. The molecule has 1 aliphatic carbocycles. The van der Waals surface area contributed by atoms with E-state index in [-0.39, 0.29) is 0 Å². The molecule has 0 aromatic heterocycles. The molecule has 4 aromatic carbocycles. The smallest absolute Gasteiger partial charge is 0.127 e. The Kier molecular flexibility index (Phi) is 3.91. The highest BCUT2D eigenvalue weighted by molar-refractivity contribution is 5.40. The Morgan fingerprint density at radius 3 is 1.07 bits per heavy atom. The first kappa shape index (κ1) is 16.6. The van der Waals surface area contributed by atoms with Crippen molar-refractivity contribution < 1.29 is 9.47 Å². The second-order valence-electron chi connectivity index (χ2n) is 6.86. The van der Waals surface area contributed by atoms with Crippen LogP contribution in [0.3, 0.4) is 0 Å². The maximum Gasteiger partial charge on any atom is 0.127 e. The van der Waals surface area contributed by atoms with E-state index in [4.69, 9.17) is 9.47 Å². The van der Waals surface area contributed by atoms with Crippen molar-refractivity contribution in [3.8, 4) is 11.5 Å². The van der Waals surface area contributed by atoms with E-state index in [2.05, 4.69) is 72.8 Å². The molecule has 136 valence electrons. The lowest BCUT2D eigenvalue weighted by Gasteiger charge is -2.09. The Hall–Kier alpha value is -3.52. The van der Waals surface area contributed by atoms with Gasteiger partial charge < -0.3 is 9.47 Å². The molecule has 2 nitrogen and oxygen atoms in total. The lowest BCUT2D eigenvalue weighted by molar-refractivity contribution is 0.404. The normalized spacial score (nSPS) is 11.2. The van der Waals surface area contributed by atoms with E-state index in [9.17, 15) is 0 Å². The first-order valence-corrected chi connectivity index (χ1v) is 9.37. The third-order valence-corrected chi connectivity index (χ3v) is 5.47. The molecule has 5 rings (SSSR count). The Labute approximate surface area is 162 Å². The van der Waals surface area contributed by atoms with Crippen molar-refractivity contribution in [2.45, 2.75) is 0 Å². The van der Waals surface area contributed by atoms with Crippen molar-refractivity contribution in [2.75, 3.05) is 14.2 Å². The Morgan fingerprint density at radius 2 is 0.714 bits per heavy atom. The highest BCUT2D eigenvalue weighted by atomic mass is 16.5. The standard InChI is InChI=1S/C26H20O2/c1-27-23-15-7-13-21-19-11-5-3-9-17(19)18-10-4-6-12-20(18)22-14-8-16-24(28-2)26(22)25(21)23/h3-16H,1-2H3. The van der Waals surface area contributed by atoms with Crippen LogP contribution in [-0.2, 0) is 0 Å². The van der Waals surface area contributed by atoms with Crippen molar-refractivity contribution in [1.29, 1.82) is 0 Å². The van der Waals surface area contributed by atoms with Crippen molar-refractivity contribution in [1.82, 2.24) is 0 Å². The van der Waals surface area contributed by atoms with Crippen molar-refractivity contribution in [3.05, 3.63) is 127 Å². The second kappa shape index (κ2) is 6.58.